The molecule has 0 saturated heterocycles. The van der Waals surface area contributed by atoms with E-state index >= 15 is 0 Å². The average molecular weight is 262 g/mol. The first-order valence-electron chi connectivity index (χ1n) is 4.67. The van der Waals surface area contributed by atoms with Gasteiger partial charge in [0.1, 0.15) is 0 Å². The molecule has 0 aliphatic carbocycles. The lowest BCUT2D eigenvalue weighted by atomic mass is 9.91. The zero-order chi connectivity index (χ0) is 12.8. The minimum atomic E-state index is -5.22. The van der Waals surface area contributed by atoms with Crippen molar-refractivity contribution in [3.8, 4) is 0 Å². The minimum Gasteiger partial charge on any atom is -0.448 e. The third-order valence-corrected chi connectivity index (χ3v) is 2.64. The molecule has 8 heteroatoms. The molecule has 1 amide bonds. The second-order valence-corrected chi connectivity index (χ2v) is 4.00. The summed E-state index contributed by atoms with van der Waals surface area (Å²) in [5, 5.41) is -0.0400. The second kappa shape index (κ2) is 3.77. The molecule has 0 spiro atoms. The van der Waals surface area contributed by atoms with Crippen LogP contribution in [-0.4, -0.2) is 25.1 Å². The summed E-state index contributed by atoms with van der Waals surface area (Å²) in [6.45, 7) is -5.22. The summed E-state index contributed by atoms with van der Waals surface area (Å²) in [5.74, 6) is -2.14. The van der Waals surface area contributed by atoms with Gasteiger partial charge in [-0.05, 0) is 18.6 Å². The summed E-state index contributed by atoms with van der Waals surface area (Å²) in [6.07, 6.45) is -1.46. The molecule has 0 fully saturated rings. The molecule has 0 aromatic heterocycles. The highest BCUT2D eigenvalue weighted by atomic mass is 35.5. The highest BCUT2D eigenvalue weighted by Gasteiger charge is 2.41. The van der Waals surface area contributed by atoms with Gasteiger partial charge in [-0.3, -0.25) is 9.59 Å². The molecule has 2 rings (SSSR count). The van der Waals surface area contributed by atoms with Gasteiger partial charge in [0.15, 0.2) is 0 Å². The summed E-state index contributed by atoms with van der Waals surface area (Å²) in [4.78, 5) is 23.2. The van der Waals surface area contributed by atoms with Crippen LogP contribution in [0.3, 0.4) is 0 Å². The summed E-state index contributed by atoms with van der Waals surface area (Å²) >= 11 is 5.72. The van der Waals surface area contributed by atoms with Crippen molar-refractivity contribution in [3.05, 3.63) is 28.8 Å². The maximum Gasteiger partial charge on any atom is 0.497 e. The summed E-state index contributed by atoms with van der Waals surface area (Å²) in [5.41, 5.74) is -0.231. The van der Waals surface area contributed by atoms with Crippen molar-refractivity contribution in [1.82, 2.24) is 0 Å². The third-order valence-electron chi connectivity index (χ3n) is 2.33. The van der Waals surface area contributed by atoms with Crippen LogP contribution in [0, 0.1) is 0 Å². The number of para-hydroxylation sites is 1. The van der Waals surface area contributed by atoms with E-state index in [2.05, 4.69) is 0 Å². The molecule has 17 heavy (non-hydrogen) atoms. The Morgan fingerprint density at radius 2 is 1.88 bits per heavy atom. The van der Waals surface area contributed by atoms with Gasteiger partial charge in [0, 0.05) is 0 Å². The van der Waals surface area contributed by atoms with Crippen LogP contribution in [0.15, 0.2) is 18.2 Å². The van der Waals surface area contributed by atoms with Gasteiger partial charge in [-0.2, -0.15) is 0 Å². The Morgan fingerprint density at radius 3 is 2.47 bits per heavy atom. The van der Waals surface area contributed by atoms with E-state index < -0.39 is 25.1 Å². The molecule has 90 valence electrons. The normalized spacial score (nSPS) is 15.4. The summed E-state index contributed by atoms with van der Waals surface area (Å²) in [7, 11) is 0. The van der Waals surface area contributed by atoms with Crippen molar-refractivity contribution in [2.45, 2.75) is 0 Å². The van der Waals surface area contributed by atoms with Crippen molar-refractivity contribution in [1.29, 1.82) is 0 Å². The van der Waals surface area contributed by atoms with Crippen molar-refractivity contribution in [2.75, 3.05) is 11.3 Å². The number of amides is 1. The molecule has 0 unspecified atom stereocenters. The number of fused-ring (bicyclic) bond motifs is 1. The topological polar surface area (TPSA) is 37.4 Å². The predicted octanol–water partition coefficient (Wildman–Crippen LogP) is 2.26. The maximum absolute atomic E-state index is 12.3. The number of benzene rings is 1. The van der Waals surface area contributed by atoms with E-state index in [4.69, 9.17) is 11.6 Å². The molecule has 1 aromatic rings. The lowest BCUT2D eigenvalue weighted by molar-refractivity contribution is -0.114. The van der Waals surface area contributed by atoms with E-state index in [0.717, 1.165) is 0 Å². The second-order valence-electron chi connectivity index (χ2n) is 3.59. The molecular weight excluding hydrogens is 257 g/mol. The number of ketones is 1. The number of nitrogens with zero attached hydrogens (tertiary/aromatic N) is 1. The van der Waals surface area contributed by atoms with Crippen LogP contribution in [0.1, 0.15) is 10.4 Å². The van der Waals surface area contributed by atoms with Crippen LogP contribution in [0.4, 0.5) is 18.6 Å². The fourth-order valence-electron chi connectivity index (χ4n) is 1.69. The van der Waals surface area contributed by atoms with Gasteiger partial charge in [0.25, 0.3) is 11.7 Å². The van der Waals surface area contributed by atoms with Crippen LogP contribution in [-0.2, 0) is 4.79 Å². The molecular formula is C9H5BClF3NO2-. The maximum atomic E-state index is 12.3. The van der Waals surface area contributed by atoms with E-state index in [1.165, 1.54) is 18.2 Å². The number of carbonyl (C=O) groups is 2. The fourth-order valence-corrected chi connectivity index (χ4v) is 1.97. The molecule has 0 bridgehead atoms. The summed E-state index contributed by atoms with van der Waals surface area (Å²) < 4.78 is 37.0. The lowest BCUT2D eigenvalue weighted by Crippen LogP contribution is -2.41. The van der Waals surface area contributed by atoms with Crippen molar-refractivity contribution >= 4 is 36.0 Å². The highest BCUT2D eigenvalue weighted by molar-refractivity contribution is 6.63. The molecule has 1 aliphatic heterocycles. The number of carbonyl (C=O) groups excluding carboxylic acids is 2. The van der Waals surface area contributed by atoms with Gasteiger partial charge in [-0.25, -0.2) is 0 Å². The van der Waals surface area contributed by atoms with Crippen molar-refractivity contribution in [2.24, 2.45) is 0 Å². The van der Waals surface area contributed by atoms with Gasteiger partial charge in [-0.1, -0.05) is 17.7 Å². The largest absolute Gasteiger partial charge is 0.497 e. The van der Waals surface area contributed by atoms with E-state index in [1.807, 2.05) is 0 Å². The number of anilines is 1. The smallest absolute Gasteiger partial charge is 0.448 e. The third kappa shape index (κ3) is 2.02. The van der Waals surface area contributed by atoms with Crippen LogP contribution in [0.2, 0.25) is 5.02 Å². The molecule has 1 aromatic carbocycles. The quantitative estimate of drug-likeness (QED) is 0.605. The Labute approximate surface area is 99.2 Å². The Kier molecular flexibility index (Phi) is 2.65. The van der Waals surface area contributed by atoms with Crippen LogP contribution in [0.5, 0.6) is 0 Å². The van der Waals surface area contributed by atoms with Gasteiger partial charge >= 0.3 is 6.98 Å². The van der Waals surface area contributed by atoms with Crippen LogP contribution in [0.25, 0.3) is 0 Å². The Morgan fingerprint density at radius 1 is 1.24 bits per heavy atom. The number of rotatable bonds is 2. The molecule has 3 nitrogen and oxygen atoms in total. The molecule has 1 aliphatic rings. The first-order chi connectivity index (χ1) is 7.81. The lowest BCUT2D eigenvalue weighted by Gasteiger charge is -2.24. The molecule has 1 heterocycles. The van der Waals surface area contributed by atoms with Gasteiger partial charge in [-0.15, -0.1) is 0 Å². The van der Waals surface area contributed by atoms with Gasteiger partial charge < -0.3 is 17.8 Å². The Hall–Kier alpha value is -1.50. The van der Waals surface area contributed by atoms with Gasteiger partial charge in [0.2, 0.25) is 0 Å². The molecule has 0 radical (unpaired) electrons. The van der Waals surface area contributed by atoms with Crippen LogP contribution >= 0.6 is 11.6 Å². The standard InChI is InChI=1S/C9H5BClF3NO2/c11-6-3-1-2-5-7(6)15(4-10(12,13)14)9(17)8(5)16/h1-3H,4H2/q-1. The number of hydrogen-bond donors (Lipinski definition) is 0. The molecule has 0 N–H and O–H groups in total. The molecule has 0 saturated carbocycles. The predicted molar refractivity (Wildman–Crippen MR) is 57.2 cm³/mol. The zero-order valence-corrected chi connectivity index (χ0v) is 9.05. The first kappa shape index (κ1) is 12.0. The van der Waals surface area contributed by atoms with Crippen LogP contribution < -0.4 is 4.90 Å². The number of Topliss-reactive ketones (excluding diaryl/α,β-unsaturated/α-hetero) is 1. The average Bonchev–Trinajstić information content (AvgIpc) is 2.43. The Balaban J connectivity index is 2.51. The minimum absolute atomic E-state index is 0.0400. The zero-order valence-electron chi connectivity index (χ0n) is 8.29. The summed E-state index contributed by atoms with van der Waals surface area (Å²) in [6, 6.07) is 4.03. The monoisotopic (exact) mass is 262 g/mol. The van der Waals surface area contributed by atoms with E-state index in [9.17, 15) is 22.5 Å². The SMILES string of the molecule is O=C1C(=O)N(C[B-](F)(F)F)c2c(Cl)cccc21. The van der Waals surface area contributed by atoms with E-state index in [1.54, 1.807) is 0 Å². The number of halogens is 4. The molecule has 0 atom stereocenters. The first-order valence-corrected chi connectivity index (χ1v) is 5.05. The van der Waals surface area contributed by atoms with Crippen molar-refractivity contribution < 1.29 is 22.5 Å². The van der Waals surface area contributed by atoms with E-state index in [-0.39, 0.29) is 16.3 Å². The number of hydrogen-bond acceptors (Lipinski definition) is 2. The van der Waals surface area contributed by atoms with Gasteiger partial charge in [0.05, 0.1) is 16.3 Å². The van der Waals surface area contributed by atoms with Crippen molar-refractivity contribution in [3.63, 3.8) is 0 Å². The Bertz CT molecular complexity index is 517. The van der Waals surface area contributed by atoms with E-state index in [0.29, 0.717) is 4.90 Å². The fraction of sp³-hybridized carbons (Fsp3) is 0.111. The highest BCUT2D eigenvalue weighted by Crippen LogP contribution is 2.36.